The average molecular weight is 487 g/mol. The third-order valence-corrected chi connectivity index (χ3v) is 9.06. The second kappa shape index (κ2) is 6.99. The summed E-state index contributed by atoms with van der Waals surface area (Å²) in [6, 6.07) is 5.37. The molecule has 0 atom stereocenters. The Balaban J connectivity index is 1.18. The van der Waals surface area contributed by atoms with E-state index >= 15 is 0 Å². The van der Waals surface area contributed by atoms with Crippen LogP contribution in [0.25, 0.3) is 11.0 Å². The molecule has 1 aliphatic heterocycles. The van der Waals surface area contributed by atoms with Gasteiger partial charge in [0, 0.05) is 37.6 Å². The molecule has 5 aliphatic rings. The lowest BCUT2D eigenvalue weighted by atomic mass is 9.49. The number of hydrogen-bond donors (Lipinski definition) is 1. The number of nitrogens with zero attached hydrogens (tertiary/aromatic N) is 2. The van der Waals surface area contributed by atoms with Crippen LogP contribution in [0.1, 0.15) is 49.1 Å². The van der Waals surface area contributed by atoms with Gasteiger partial charge in [0.25, 0.3) is 0 Å². The minimum absolute atomic E-state index is 0.0566. The fourth-order valence-corrected chi connectivity index (χ4v) is 7.97. The first-order valence-electron chi connectivity index (χ1n) is 11.4. The van der Waals surface area contributed by atoms with Gasteiger partial charge in [0.2, 0.25) is 11.7 Å². The number of piperazine rings is 1. The maximum atomic E-state index is 13.6. The van der Waals surface area contributed by atoms with Crippen LogP contribution in [0.5, 0.6) is 0 Å². The molecule has 1 aromatic carbocycles. The smallest absolute Gasteiger partial charge is 0.371 e. The Bertz CT molecular complexity index is 1030. The van der Waals surface area contributed by atoms with E-state index in [2.05, 4.69) is 25.7 Å². The van der Waals surface area contributed by atoms with Crippen LogP contribution in [-0.2, 0) is 4.79 Å². The van der Waals surface area contributed by atoms with E-state index in [9.17, 15) is 14.7 Å². The van der Waals surface area contributed by atoms with Gasteiger partial charge in [0.05, 0.1) is 15.6 Å². The standard InChI is InChI=1S/C24H27BrN2O4/c25-21-17-10-20(22(28)29)31-19(17)2-1-18(21)26-3-5-27(6-4-26)23(30)24-11-14-7-15(12-24)9-16(8-14)13-24/h1-2,10,14-16H,3-9,11-13H2,(H,28,29). The van der Waals surface area contributed by atoms with Crippen molar-refractivity contribution < 1.29 is 19.1 Å². The van der Waals surface area contributed by atoms with E-state index in [0.717, 1.165) is 78.7 Å². The van der Waals surface area contributed by atoms with Crippen molar-refractivity contribution in [3.05, 3.63) is 28.4 Å². The van der Waals surface area contributed by atoms with E-state index in [1.807, 2.05) is 12.1 Å². The summed E-state index contributed by atoms with van der Waals surface area (Å²) in [7, 11) is 0. The summed E-state index contributed by atoms with van der Waals surface area (Å²) >= 11 is 3.66. The zero-order chi connectivity index (χ0) is 21.3. The van der Waals surface area contributed by atoms with Crippen molar-refractivity contribution in [2.75, 3.05) is 31.1 Å². The van der Waals surface area contributed by atoms with Crippen LogP contribution >= 0.6 is 15.9 Å². The SMILES string of the molecule is O=C(O)c1cc2c(Br)c(N3CCN(C(=O)C45CC6CC(CC(C6)C4)C5)CC3)ccc2o1. The van der Waals surface area contributed by atoms with E-state index in [1.54, 1.807) is 6.07 Å². The zero-order valence-electron chi connectivity index (χ0n) is 17.5. The highest BCUT2D eigenvalue weighted by molar-refractivity contribution is 9.10. The van der Waals surface area contributed by atoms with Gasteiger partial charge in [-0.15, -0.1) is 0 Å². The third kappa shape index (κ3) is 3.11. The number of fused-ring (bicyclic) bond motifs is 1. The van der Waals surface area contributed by atoms with Crippen molar-refractivity contribution in [1.29, 1.82) is 0 Å². The minimum atomic E-state index is -1.07. The third-order valence-electron chi connectivity index (χ3n) is 8.23. The fourth-order valence-electron chi connectivity index (χ4n) is 7.27. The Morgan fingerprint density at radius 3 is 2.19 bits per heavy atom. The number of carboxylic acids is 1. The number of carbonyl (C=O) groups excluding carboxylic acids is 1. The van der Waals surface area contributed by atoms with E-state index in [4.69, 9.17) is 4.42 Å². The lowest BCUT2D eigenvalue weighted by molar-refractivity contribution is -0.158. The molecule has 0 radical (unpaired) electrons. The maximum Gasteiger partial charge on any atom is 0.371 e. The molecule has 5 fully saturated rings. The van der Waals surface area contributed by atoms with Gasteiger partial charge in [0.15, 0.2) is 0 Å². The molecule has 1 amide bonds. The van der Waals surface area contributed by atoms with Gasteiger partial charge in [-0.05, 0) is 84.3 Å². The predicted octanol–water partition coefficient (Wildman–Crippen LogP) is 4.76. The van der Waals surface area contributed by atoms with Gasteiger partial charge in [-0.1, -0.05) is 0 Å². The number of anilines is 1. The normalized spacial score (nSPS) is 32.1. The molecule has 2 heterocycles. The van der Waals surface area contributed by atoms with Crippen LogP contribution < -0.4 is 4.90 Å². The molecule has 4 bridgehead atoms. The summed E-state index contributed by atoms with van der Waals surface area (Å²) in [6.45, 7) is 3.06. The van der Waals surface area contributed by atoms with Crippen molar-refractivity contribution in [3.63, 3.8) is 0 Å². The molecule has 1 N–H and O–H groups in total. The van der Waals surface area contributed by atoms with E-state index in [-0.39, 0.29) is 11.2 Å². The molecule has 0 unspecified atom stereocenters. The molecule has 7 heteroatoms. The summed E-state index contributed by atoms with van der Waals surface area (Å²) in [4.78, 5) is 29.3. The van der Waals surface area contributed by atoms with E-state index in [0.29, 0.717) is 11.5 Å². The molecule has 31 heavy (non-hydrogen) atoms. The average Bonchev–Trinajstić information content (AvgIpc) is 3.19. The predicted molar refractivity (Wildman–Crippen MR) is 120 cm³/mol. The number of hydrogen-bond acceptors (Lipinski definition) is 4. The van der Waals surface area contributed by atoms with Crippen molar-refractivity contribution in [2.45, 2.75) is 38.5 Å². The van der Waals surface area contributed by atoms with Crippen LogP contribution in [0, 0.1) is 23.2 Å². The highest BCUT2D eigenvalue weighted by Crippen LogP contribution is 2.60. The van der Waals surface area contributed by atoms with Crippen LogP contribution in [-0.4, -0.2) is 48.1 Å². The van der Waals surface area contributed by atoms with Crippen LogP contribution in [0.2, 0.25) is 0 Å². The Kier molecular flexibility index (Phi) is 4.43. The number of carbonyl (C=O) groups is 2. The first-order chi connectivity index (χ1) is 14.9. The number of furan rings is 1. The van der Waals surface area contributed by atoms with Crippen LogP contribution in [0.4, 0.5) is 5.69 Å². The number of halogens is 1. The Morgan fingerprint density at radius 2 is 1.61 bits per heavy atom. The zero-order valence-corrected chi connectivity index (χ0v) is 19.1. The number of aromatic carboxylic acids is 1. The van der Waals surface area contributed by atoms with E-state index in [1.165, 1.54) is 19.3 Å². The Hall–Kier alpha value is -2.02. The van der Waals surface area contributed by atoms with Gasteiger partial charge < -0.3 is 19.3 Å². The molecule has 4 aliphatic carbocycles. The fraction of sp³-hybridized carbons (Fsp3) is 0.583. The Labute approximate surface area is 189 Å². The van der Waals surface area contributed by atoms with Gasteiger partial charge in [-0.2, -0.15) is 0 Å². The minimum Gasteiger partial charge on any atom is -0.475 e. The molecule has 2 aromatic rings. The lowest BCUT2D eigenvalue weighted by Crippen LogP contribution is -2.58. The van der Waals surface area contributed by atoms with Crippen molar-refractivity contribution >= 4 is 44.5 Å². The first-order valence-corrected chi connectivity index (χ1v) is 12.2. The molecule has 1 saturated heterocycles. The largest absolute Gasteiger partial charge is 0.475 e. The number of carboxylic acid groups (broad SMARTS) is 1. The summed E-state index contributed by atoms with van der Waals surface area (Å²) < 4.78 is 6.27. The van der Waals surface area contributed by atoms with Gasteiger partial charge in [-0.25, -0.2) is 4.79 Å². The van der Waals surface area contributed by atoms with Gasteiger partial charge in [0.1, 0.15) is 5.58 Å². The van der Waals surface area contributed by atoms with Crippen molar-refractivity contribution in [1.82, 2.24) is 4.90 Å². The highest BCUT2D eigenvalue weighted by atomic mass is 79.9. The first kappa shape index (κ1) is 19.6. The molecule has 0 spiro atoms. The molecule has 164 valence electrons. The van der Waals surface area contributed by atoms with Crippen LogP contribution in [0.15, 0.2) is 27.1 Å². The van der Waals surface area contributed by atoms with Crippen molar-refractivity contribution in [2.24, 2.45) is 23.2 Å². The number of benzene rings is 1. The molecule has 1 aromatic heterocycles. The molecular weight excluding hydrogens is 460 g/mol. The summed E-state index contributed by atoms with van der Waals surface area (Å²) in [5.74, 6) is 1.64. The van der Waals surface area contributed by atoms with Gasteiger partial charge in [-0.3, -0.25) is 4.79 Å². The second-order valence-corrected chi connectivity index (χ2v) is 11.0. The second-order valence-electron chi connectivity index (χ2n) is 10.2. The lowest BCUT2D eigenvalue weighted by Gasteiger charge is -2.57. The monoisotopic (exact) mass is 486 g/mol. The Morgan fingerprint density at radius 1 is 1.00 bits per heavy atom. The van der Waals surface area contributed by atoms with Crippen molar-refractivity contribution in [3.8, 4) is 0 Å². The molecule has 7 rings (SSSR count). The topological polar surface area (TPSA) is 74.0 Å². The number of amides is 1. The quantitative estimate of drug-likeness (QED) is 0.676. The summed E-state index contributed by atoms with van der Waals surface area (Å²) in [5, 5.41) is 9.97. The summed E-state index contributed by atoms with van der Waals surface area (Å²) in [5.41, 5.74) is 1.51. The highest BCUT2D eigenvalue weighted by Gasteiger charge is 2.55. The van der Waals surface area contributed by atoms with Crippen LogP contribution in [0.3, 0.4) is 0 Å². The number of rotatable bonds is 3. The molecule has 6 nitrogen and oxygen atoms in total. The van der Waals surface area contributed by atoms with Gasteiger partial charge >= 0.3 is 5.97 Å². The molecule has 4 saturated carbocycles. The summed E-state index contributed by atoms with van der Waals surface area (Å²) in [6.07, 6.45) is 7.42. The van der Waals surface area contributed by atoms with E-state index < -0.39 is 5.97 Å². The maximum absolute atomic E-state index is 13.6. The molecular formula is C24H27BrN2O4.